The molecular formula is C17H19NO. The minimum absolute atomic E-state index is 0.195. The van der Waals surface area contributed by atoms with Crippen molar-refractivity contribution in [3.8, 4) is 5.75 Å². The van der Waals surface area contributed by atoms with E-state index in [0.29, 0.717) is 5.75 Å². The highest BCUT2D eigenvalue weighted by Crippen LogP contribution is 2.33. The SMILES string of the molecule is CC(C)(C)Cn1c2ccccc2c2ccc(O)cc21. The zero-order valence-corrected chi connectivity index (χ0v) is 11.6. The Morgan fingerprint density at radius 2 is 1.63 bits per heavy atom. The van der Waals surface area contributed by atoms with E-state index in [1.807, 2.05) is 12.1 Å². The first-order chi connectivity index (χ1) is 8.96. The van der Waals surface area contributed by atoms with E-state index >= 15 is 0 Å². The van der Waals surface area contributed by atoms with Crippen LogP contribution in [0.1, 0.15) is 20.8 Å². The van der Waals surface area contributed by atoms with Gasteiger partial charge in [0.1, 0.15) is 5.75 Å². The molecule has 0 fully saturated rings. The second-order valence-electron chi connectivity index (χ2n) is 6.37. The van der Waals surface area contributed by atoms with Crippen LogP contribution in [0.15, 0.2) is 42.5 Å². The highest BCUT2D eigenvalue weighted by molar-refractivity contribution is 6.08. The zero-order chi connectivity index (χ0) is 13.6. The van der Waals surface area contributed by atoms with Gasteiger partial charge in [-0.25, -0.2) is 0 Å². The Balaban J connectivity index is 2.40. The maximum absolute atomic E-state index is 9.76. The fourth-order valence-corrected chi connectivity index (χ4v) is 2.68. The summed E-state index contributed by atoms with van der Waals surface area (Å²) >= 11 is 0. The third kappa shape index (κ3) is 2.07. The van der Waals surface area contributed by atoms with Gasteiger partial charge in [-0.05, 0) is 23.6 Å². The van der Waals surface area contributed by atoms with Crippen LogP contribution < -0.4 is 0 Å². The number of aromatic hydroxyl groups is 1. The molecule has 0 aliphatic heterocycles. The van der Waals surface area contributed by atoms with E-state index in [1.54, 1.807) is 6.07 Å². The van der Waals surface area contributed by atoms with Gasteiger partial charge >= 0.3 is 0 Å². The van der Waals surface area contributed by atoms with E-state index in [9.17, 15) is 5.11 Å². The van der Waals surface area contributed by atoms with Crippen molar-refractivity contribution in [3.05, 3.63) is 42.5 Å². The highest BCUT2D eigenvalue weighted by atomic mass is 16.3. The number of aromatic nitrogens is 1. The lowest BCUT2D eigenvalue weighted by atomic mass is 9.97. The summed E-state index contributed by atoms with van der Waals surface area (Å²) in [6.07, 6.45) is 0. The molecule has 0 bridgehead atoms. The van der Waals surface area contributed by atoms with Crippen molar-refractivity contribution in [2.24, 2.45) is 5.41 Å². The molecule has 0 spiro atoms. The Bertz CT molecular complexity index is 747. The van der Waals surface area contributed by atoms with Crippen LogP contribution in [0.25, 0.3) is 21.8 Å². The standard InChI is InChI=1S/C17H19NO/c1-17(2,3)11-18-15-7-5-4-6-13(15)14-9-8-12(19)10-16(14)18/h4-10,19H,11H2,1-3H3. The number of phenolic OH excluding ortho intramolecular Hbond substituents is 1. The van der Waals surface area contributed by atoms with Gasteiger partial charge in [-0.15, -0.1) is 0 Å². The highest BCUT2D eigenvalue weighted by Gasteiger charge is 2.16. The van der Waals surface area contributed by atoms with Crippen molar-refractivity contribution < 1.29 is 5.11 Å². The molecule has 0 aliphatic rings. The number of rotatable bonds is 1. The lowest BCUT2D eigenvalue weighted by Gasteiger charge is -2.20. The predicted molar refractivity (Wildman–Crippen MR) is 80.6 cm³/mol. The topological polar surface area (TPSA) is 25.2 Å². The van der Waals surface area contributed by atoms with Gasteiger partial charge in [0, 0.05) is 28.9 Å². The number of benzene rings is 2. The van der Waals surface area contributed by atoms with Gasteiger partial charge < -0.3 is 9.67 Å². The molecule has 0 amide bonds. The summed E-state index contributed by atoms with van der Waals surface area (Å²) in [4.78, 5) is 0. The number of nitrogens with zero attached hydrogens (tertiary/aromatic N) is 1. The van der Waals surface area contributed by atoms with Gasteiger partial charge in [0.15, 0.2) is 0 Å². The van der Waals surface area contributed by atoms with E-state index in [2.05, 4.69) is 49.6 Å². The summed E-state index contributed by atoms with van der Waals surface area (Å²) < 4.78 is 2.31. The average molecular weight is 253 g/mol. The van der Waals surface area contributed by atoms with Crippen LogP contribution in [-0.2, 0) is 6.54 Å². The van der Waals surface area contributed by atoms with Crippen molar-refractivity contribution in [1.82, 2.24) is 4.57 Å². The number of fused-ring (bicyclic) bond motifs is 3. The predicted octanol–water partition coefficient (Wildman–Crippen LogP) is 4.55. The molecule has 2 heteroatoms. The first kappa shape index (κ1) is 12.1. The zero-order valence-electron chi connectivity index (χ0n) is 11.6. The first-order valence-electron chi connectivity index (χ1n) is 6.66. The molecule has 0 unspecified atom stereocenters. The molecule has 0 saturated heterocycles. The minimum Gasteiger partial charge on any atom is -0.508 e. The summed E-state index contributed by atoms with van der Waals surface area (Å²) in [7, 11) is 0. The first-order valence-corrected chi connectivity index (χ1v) is 6.66. The smallest absolute Gasteiger partial charge is 0.117 e. The van der Waals surface area contributed by atoms with Gasteiger partial charge in [-0.1, -0.05) is 39.0 Å². The third-order valence-electron chi connectivity index (χ3n) is 3.39. The molecule has 0 radical (unpaired) electrons. The molecule has 19 heavy (non-hydrogen) atoms. The quantitative estimate of drug-likeness (QED) is 0.676. The monoisotopic (exact) mass is 253 g/mol. The largest absolute Gasteiger partial charge is 0.508 e. The lowest BCUT2D eigenvalue weighted by molar-refractivity contribution is 0.354. The Morgan fingerprint density at radius 3 is 2.37 bits per heavy atom. The number of hydrogen-bond acceptors (Lipinski definition) is 1. The van der Waals surface area contributed by atoms with Gasteiger partial charge in [0.2, 0.25) is 0 Å². The Morgan fingerprint density at radius 1 is 0.947 bits per heavy atom. The van der Waals surface area contributed by atoms with E-state index < -0.39 is 0 Å². The van der Waals surface area contributed by atoms with Crippen LogP contribution in [0, 0.1) is 5.41 Å². The molecule has 1 heterocycles. The maximum atomic E-state index is 9.76. The number of hydrogen-bond donors (Lipinski definition) is 1. The minimum atomic E-state index is 0.195. The fourth-order valence-electron chi connectivity index (χ4n) is 2.68. The van der Waals surface area contributed by atoms with E-state index in [0.717, 1.165) is 12.1 Å². The molecule has 3 aromatic rings. The molecule has 3 rings (SSSR count). The van der Waals surface area contributed by atoms with Crippen LogP contribution in [0.5, 0.6) is 5.75 Å². The van der Waals surface area contributed by atoms with Crippen molar-refractivity contribution in [1.29, 1.82) is 0 Å². The molecule has 1 N–H and O–H groups in total. The Kier molecular flexibility index (Phi) is 2.56. The summed E-state index contributed by atoms with van der Waals surface area (Å²) in [5.41, 5.74) is 2.54. The average Bonchev–Trinajstić information content (AvgIpc) is 2.62. The fraction of sp³-hybridized carbons (Fsp3) is 0.294. The van der Waals surface area contributed by atoms with Crippen LogP contribution in [-0.4, -0.2) is 9.67 Å². The van der Waals surface area contributed by atoms with Gasteiger partial charge in [-0.3, -0.25) is 0 Å². The third-order valence-corrected chi connectivity index (χ3v) is 3.39. The van der Waals surface area contributed by atoms with Crippen LogP contribution >= 0.6 is 0 Å². The molecule has 2 nitrogen and oxygen atoms in total. The number of para-hydroxylation sites is 1. The summed E-state index contributed by atoms with van der Waals surface area (Å²) in [5.74, 6) is 0.325. The summed E-state index contributed by atoms with van der Waals surface area (Å²) in [6, 6.07) is 14.1. The van der Waals surface area contributed by atoms with Gasteiger partial charge in [0.25, 0.3) is 0 Å². The van der Waals surface area contributed by atoms with Crippen molar-refractivity contribution in [2.75, 3.05) is 0 Å². The molecule has 2 aromatic carbocycles. The summed E-state index contributed by atoms with van der Waals surface area (Å²) in [5, 5.41) is 12.2. The Labute approximate surface area is 113 Å². The van der Waals surface area contributed by atoms with Crippen molar-refractivity contribution in [2.45, 2.75) is 27.3 Å². The van der Waals surface area contributed by atoms with Crippen LogP contribution in [0.4, 0.5) is 0 Å². The number of phenols is 1. The molecule has 1 aromatic heterocycles. The normalized spacial score (nSPS) is 12.4. The second kappa shape index (κ2) is 4.02. The van der Waals surface area contributed by atoms with E-state index in [1.165, 1.54) is 16.3 Å². The molecular weight excluding hydrogens is 234 g/mol. The van der Waals surface area contributed by atoms with Crippen LogP contribution in [0.2, 0.25) is 0 Å². The maximum Gasteiger partial charge on any atom is 0.117 e. The molecule has 0 aliphatic carbocycles. The summed E-state index contributed by atoms with van der Waals surface area (Å²) in [6.45, 7) is 7.63. The Hall–Kier alpha value is -1.96. The van der Waals surface area contributed by atoms with Crippen LogP contribution in [0.3, 0.4) is 0 Å². The lowest BCUT2D eigenvalue weighted by Crippen LogP contribution is -2.15. The van der Waals surface area contributed by atoms with E-state index in [-0.39, 0.29) is 5.41 Å². The van der Waals surface area contributed by atoms with Crippen molar-refractivity contribution >= 4 is 21.8 Å². The van der Waals surface area contributed by atoms with Crippen molar-refractivity contribution in [3.63, 3.8) is 0 Å². The van der Waals surface area contributed by atoms with E-state index in [4.69, 9.17) is 0 Å². The molecule has 0 atom stereocenters. The molecule has 0 saturated carbocycles. The van der Waals surface area contributed by atoms with Gasteiger partial charge in [-0.2, -0.15) is 0 Å². The van der Waals surface area contributed by atoms with Gasteiger partial charge in [0.05, 0.1) is 5.52 Å². The second-order valence-corrected chi connectivity index (χ2v) is 6.37. The molecule has 98 valence electrons.